The van der Waals surface area contributed by atoms with Gasteiger partial charge in [-0.2, -0.15) is 0 Å². The van der Waals surface area contributed by atoms with Gasteiger partial charge in [-0.05, 0) is 54.8 Å². The Kier molecular flexibility index (Phi) is 10.8. The molecule has 1 unspecified atom stereocenters. The van der Waals surface area contributed by atoms with Gasteiger partial charge in [-0.25, -0.2) is 19.6 Å². The molecular formula is C42H49N11O3. The molecule has 0 radical (unpaired) electrons. The molecular weight excluding hydrogens is 707 g/mol. The summed E-state index contributed by atoms with van der Waals surface area (Å²) >= 11 is 0. The van der Waals surface area contributed by atoms with Crippen molar-refractivity contribution in [3.05, 3.63) is 103 Å². The number of hydrogen-bond donors (Lipinski definition) is 4. The van der Waals surface area contributed by atoms with Gasteiger partial charge in [0.2, 0.25) is 11.9 Å². The van der Waals surface area contributed by atoms with Gasteiger partial charge >= 0.3 is 12.1 Å². The fraction of sp³-hybridized carbons (Fsp3) is 0.357. The second-order valence-corrected chi connectivity index (χ2v) is 15.0. The minimum Gasteiger partial charge on any atom is -0.340 e. The third-order valence-corrected chi connectivity index (χ3v) is 11.2. The fourth-order valence-corrected chi connectivity index (χ4v) is 7.70. The van der Waals surface area contributed by atoms with Crippen LogP contribution in [0.2, 0.25) is 0 Å². The van der Waals surface area contributed by atoms with E-state index in [0.29, 0.717) is 38.7 Å². The van der Waals surface area contributed by atoms with Crippen molar-refractivity contribution < 1.29 is 14.4 Å². The number of carbonyl (C=O) groups is 3. The van der Waals surface area contributed by atoms with Crippen LogP contribution in [0.5, 0.6) is 0 Å². The van der Waals surface area contributed by atoms with Crippen molar-refractivity contribution >= 4 is 23.9 Å². The largest absolute Gasteiger partial charge is 0.340 e. The van der Waals surface area contributed by atoms with Crippen LogP contribution in [0.3, 0.4) is 0 Å². The number of likely N-dealkylation sites (N-methyl/N-ethyl adjacent to an activating group) is 2. The van der Waals surface area contributed by atoms with Crippen LogP contribution in [-0.4, -0.2) is 135 Å². The van der Waals surface area contributed by atoms with Gasteiger partial charge in [0, 0.05) is 58.9 Å². The Bertz CT molecular complexity index is 2120. The number of nitrogens with one attached hydrogen (secondary N) is 4. The second kappa shape index (κ2) is 16.4. The first-order valence-corrected chi connectivity index (χ1v) is 19.4. The number of rotatable bonds is 8. The number of likely N-dealkylation sites (tertiary alicyclic amines) is 1. The molecule has 14 heteroatoms. The van der Waals surface area contributed by atoms with E-state index in [-0.39, 0.29) is 24.0 Å². The van der Waals surface area contributed by atoms with E-state index >= 15 is 0 Å². The first kappa shape index (κ1) is 37.0. The first-order chi connectivity index (χ1) is 27.3. The standard InChI is InChI=1S/C42H49N11O3/c1-49-19-23-51(24-20-49)41(55)47-37(33-7-4-3-5-8-33)39(54)53-18-6-9-36(53)38-43-27-34(45-38)31-14-10-29(11-15-31)30-12-16-32(17-13-30)35-28-44-40(46-35)48-42(56)52-25-21-50(2)22-26-52/h3-5,7-8,10-17,27-28,36-37H,6,9,18-26H2,1-2H3,(H,43,45)(H,47,55)(H2,44,46,48,56)/t36?,37-/m1/s1. The lowest BCUT2D eigenvalue weighted by Crippen LogP contribution is -2.53. The number of carbonyl (C=O) groups excluding carboxylic acids is 3. The zero-order valence-electron chi connectivity index (χ0n) is 31.9. The summed E-state index contributed by atoms with van der Waals surface area (Å²) in [5, 5.41) is 5.96. The molecule has 5 aromatic rings. The van der Waals surface area contributed by atoms with E-state index in [1.807, 2.05) is 60.6 Å². The second-order valence-electron chi connectivity index (χ2n) is 15.0. The normalized spacial score (nSPS) is 18.5. The van der Waals surface area contributed by atoms with Gasteiger partial charge in [0.25, 0.3) is 0 Å². The average molecular weight is 756 g/mol. The van der Waals surface area contributed by atoms with Gasteiger partial charge in [-0.15, -0.1) is 0 Å². The van der Waals surface area contributed by atoms with Crippen LogP contribution in [0, 0.1) is 0 Å². The third kappa shape index (κ3) is 8.16. The molecule has 2 aromatic heterocycles. The molecule has 2 atom stereocenters. The molecule has 5 heterocycles. The third-order valence-electron chi connectivity index (χ3n) is 11.2. The molecule has 3 fully saturated rings. The highest BCUT2D eigenvalue weighted by atomic mass is 16.2. The maximum absolute atomic E-state index is 14.3. The van der Waals surface area contributed by atoms with Crippen LogP contribution < -0.4 is 10.6 Å². The molecule has 0 bridgehead atoms. The Morgan fingerprint density at radius 2 is 1.18 bits per heavy atom. The number of benzene rings is 3. The van der Waals surface area contributed by atoms with E-state index in [0.717, 1.165) is 84.1 Å². The maximum atomic E-state index is 14.3. The van der Waals surface area contributed by atoms with Crippen molar-refractivity contribution in [3.63, 3.8) is 0 Å². The molecule has 56 heavy (non-hydrogen) atoms. The minimum absolute atomic E-state index is 0.129. The molecule has 3 aliphatic rings. The Labute approximate surface area is 326 Å². The highest BCUT2D eigenvalue weighted by Crippen LogP contribution is 2.34. The predicted molar refractivity (Wildman–Crippen MR) is 216 cm³/mol. The summed E-state index contributed by atoms with van der Waals surface area (Å²) in [6, 6.07) is 24.7. The zero-order valence-corrected chi connectivity index (χ0v) is 31.9. The molecule has 290 valence electrons. The number of H-pyrrole nitrogens is 2. The van der Waals surface area contributed by atoms with Crippen molar-refractivity contribution in [2.75, 3.05) is 78.3 Å². The van der Waals surface area contributed by atoms with Crippen LogP contribution >= 0.6 is 0 Å². The van der Waals surface area contributed by atoms with Crippen LogP contribution in [0.4, 0.5) is 15.5 Å². The Balaban J connectivity index is 0.910. The Morgan fingerprint density at radius 1 is 0.643 bits per heavy atom. The summed E-state index contributed by atoms with van der Waals surface area (Å²) in [5.74, 6) is 1.04. The Morgan fingerprint density at radius 3 is 1.79 bits per heavy atom. The quantitative estimate of drug-likeness (QED) is 0.169. The van der Waals surface area contributed by atoms with Crippen molar-refractivity contribution in [1.29, 1.82) is 0 Å². The van der Waals surface area contributed by atoms with E-state index in [2.05, 4.69) is 78.8 Å². The number of anilines is 1. The number of aromatic amines is 2. The SMILES string of the molecule is CN1CCN(C(=O)Nc2ncc(-c3ccc(-c4ccc(-c5cnc(C6CCCN6C(=O)[C@H](NC(=O)N6CCN(C)CC6)c6ccccc6)[nH]5)cc4)cc3)[nH]2)CC1. The number of amides is 5. The molecule has 3 aliphatic heterocycles. The van der Waals surface area contributed by atoms with Crippen molar-refractivity contribution in [2.45, 2.75) is 24.9 Å². The van der Waals surface area contributed by atoms with Gasteiger partial charge in [0.05, 0.1) is 29.8 Å². The molecule has 0 saturated carbocycles. The van der Waals surface area contributed by atoms with E-state index in [1.165, 1.54) is 0 Å². The average Bonchev–Trinajstić information content (AvgIpc) is 4.03. The predicted octanol–water partition coefficient (Wildman–Crippen LogP) is 5.27. The topological polar surface area (TPSA) is 149 Å². The van der Waals surface area contributed by atoms with E-state index < -0.39 is 6.04 Å². The summed E-state index contributed by atoms with van der Waals surface area (Å²) < 4.78 is 0. The summed E-state index contributed by atoms with van der Waals surface area (Å²) in [6.45, 7) is 6.55. The lowest BCUT2D eigenvalue weighted by atomic mass is 10.0. The van der Waals surface area contributed by atoms with Gasteiger partial charge in [-0.3, -0.25) is 10.1 Å². The summed E-state index contributed by atoms with van der Waals surface area (Å²) in [6.07, 6.45) is 5.20. The highest BCUT2D eigenvalue weighted by Gasteiger charge is 2.37. The molecule has 3 aromatic carbocycles. The molecule has 5 amide bonds. The van der Waals surface area contributed by atoms with Gasteiger partial charge < -0.3 is 39.8 Å². The zero-order chi connectivity index (χ0) is 38.6. The van der Waals surface area contributed by atoms with Gasteiger partial charge in [-0.1, -0.05) is 78.9 Å². The maximum Gasteiger partial charge on any atom is 0.324 e. The van der Waals surface area contributed by atoms with Crippen LogP contribution in [-0.2, 0) is 4.79 Å². The van der Waals surface area contributed by atoms with Crippen molar-refractivity contribution in [2.24, 2.45) is 0 Å². The first-order valence-electron chi connectivity index (χ1n) is 19.4. The number of imidazole rings is 2. The smallest absolute Gasteiger partial charge is 0.324 e. The number of hydrogen-bond acceptors (Lipinski definition) is 7. The van der Waals surface area contributed by atoms with E-state index in [1.54, 1.807) is 16.0 Å². The van der Waals surface area contributed by atoms with Gasteiger partial charge in [0.1, 0.15) is 11.9 Å². The molecule has 0 spiro atoms. The molecule has 8 rings (SSSR count). The number of nitrogens with zero attached hydrogens (tertiary/aromatic N) is 7. The van der Waals surface area contributed by atoms with E-state index in [4.69, 9.17) is 4.98 Å². The van der Waals surface area contributed by atoms with Crippen LogP contribution in [0.15, 0.2) is 91.3 Å². The minimum atomic E-state index is -0.795. The number of urea groups is 2. The number of piperazine rings is 2. The summed E-state index contributed by atoms with van der Waals surface area (Å²) in [5.41, 5.74) is 6.56. The Hall–Kier alpha value is -5.99. The monoisotopic (exact) mass is 755 g/mol. The van der Waals surface area contributed by atoms with Crippen LogP contribution in [0.25, 0.3) is 33.6 Å². The summed E-state index contributed by atoms with van der Waals surface area (Å²) in [4.78, 5) is 66.1. The van der Waals surface area contributed by atoms with E-state index in [9.17, 15) is 14.4 Å². The molecule has 0 aliphatic carbocycles. The van der Waals surface area contributed by atoms with Crippen molar-refractivity contribution in [1.82, 2.24) is 49.8 Å². The highest BCUT2D eigenvalue weighted by molar-refractivity contribution is 5.89. The van der Waals surface area contributed by atoms with Gasteiger partial charge in [0.15, 0.2) is 0 Å². The van der Waals surface area contributed by atoms with Crippen LogP contribution in [0.1, 0.15) is 36.3 Å². The summed E-state index contributed by atoms with van der Waals surface area (Å²) in [7, 11) is 4.11. The molecule has 3 saturated heterocycles. The molecule has 4 N–H and O–H groups in total. The molecule has 14 nitrogen and oxygen atoms in total. The van der Waals surface area contributed by atoms with Crippen molar-refractivity contribution in [3.8, 4) is 33.6 Å². The number of aromatic nitrogens is 4. The fourth-order valence-electron chi connectivity index (χ4n) is 7.70. The lowest BCUT2D eigenvalue weighted by Gasteiger charge is -2.34. The lowest BCUT2D eigenvalue weighted by molar-refractivity contribution is -0.134.